The van der Waals surface area contributed by atoms with Crippen LogP contribution in [-0.4, -0.2) is 30.9 Å². The van der Waals surface area contributed by atoms with Crippen LogP contribution in [0.1, 0.15) is 33.5 Å². The quantitative estimate of drug-likeness (QED) is 0.815. The number of hydrogen-bond donors (Lipinski definition) is 0. The van der Waals surface area contributed by atoms with E-state index in [1.165, 1.54) is 4.90 Å². The largest absolute Gasteiger partial charge is 0.466 e. The Kier molecular flexibility index (Phi) is 4.65. The van der Waals surface area contributed by atoms with Crippen molar-refractivity contribution in [2.75, 3.05) is 14.1 Å². The van der Waals surface area contributed by atoms with E-state index in [-0.39, 0.29) is 5.91 Å². The summed E-state index contributed by atoms with van der Waals surface area (Å²) in [6.07, 6.45) is -0.974. The second-order valence-electron chi connectivity index (χ2n) is 5.26. The van der Waals surface area contributed by atoms with Crippen molar-refractivity contribution in [3.8, 4) is 0 Å². The number of hydrogen-bond acceptors (Lipinski definition) is 4. The average Bonchev–Trinajstić information content (AvgIpc) is 2.83. The highest BCUT2D eigenvalue weighted by Crippen LogP contribution is 2.23. The number of carbonyl (C=O) groups is 2. The molecule has 0 aliphatic rings. The smallest absolute Gasteiger partial charge is 0.342 e. The lowest BCUT2D eigenvalue weighted by atomic mass is 10.1. The van der Waals surface area contributed by atoms with E-state index in [0.29, 0.717) is 22.6 Å². The molecular weight excluding hydrogens is 282 g/mol. The zero-order valence-electron chi connectivity index (χ0n) is 13.1. The van der Waals surface area contributed by atoms with Crippen molar-refractivity contribution in [3.05, 3.63) is 59.0 Å². The van der Waals surface area contributed by atoms with Gasteiger partial charge in [0.05, 0.1) is 0 Å². The van der Waals surface area contributed by atoms with E-state index in [9.17, 15) is 9.59 Å². The van der Waals surface area contributed by atoms with Crippen LogP contribution in [0.5, 0.6) is 0 Å². The lowest BCUT2D eigenvalue weighted by molar-refractivity contribution is -0.138. The summed E-state index contributed by atoms with van der Waals surface area (Å²) in [5.41, 5.74) is 0.970. The van der Waals surface area contributed by atoms with E-state index in [2.05, 4.69) is 0 Å². The minimum Gasteiger partial charge on any atom is -0.466 e. The van der Waals surface area contributed by atoms with Crippen molar-refractivity contribution < 1.29 is 18.7 Å². The second kappa shape index (κ2) is 6.47. The first-order valence-electron chi connectivity index (χ1n) is 6.94. The molecule has 0 spiro atoms. The van der Waals surface area contributed by atoms with Crippen LogP contribution in [0.15, 0.2) is 40.8 Å². The van der Waals surface area contributed by atoms with Gasteiger partial charge in [0.25, 0.3) is 5.91 Å². The molecule has 116 valence electrons. The molecule has 1 atom stereocenters. The van der Waals surface area contributed by atoms with Crippen LogP contribution in [-0.2, 0) is 9.53 Å². The number of likely N-dealkylation sites (N-methyl/N-ethyl adjacent to an activating group) is 1. The summed E-state index contributed by atoms with van der Waals surface area (Å²) in [6.45, 7) is 3.44. The van der Waals surface area contributed by atoms with Crippen LogP contribution in [0.4, 0.5) is 0 Å². The Balaban J connectivity index is 2.29. The highest BCUT2D eigenvalue weighted by Gasteiger charge is 2.28. The molecule has 1 aromatic heterocycles. The normalized spacial score (nSPS) is 11.8. The van der Waals surface area contributed by atoms with Crippen LogP contribution in [0.3, 0.4) is 0 Å². The first-order chi connectivity index (χ1) is 10.4. The first kappa shape index (κ1) is 15.8. The summed E-state index contributed by atoms with van der Waals surface area (Å²) in [5, 5.41) is 0. The lowest BCUT2D eigenvalue weighted by Gasteiger charge is -2.21. The van der Waals surface area contributed by atoms with Gasteiger partial charge in [0.15, 0.2) is 0 Å². The van der Waals surface area contributed by atoms with Gasteiger partial charge in [-0.05, 0) is 19.9 Å². The molecule has 0 N–H and O–H groups in total. The van der Waals surface area contributed by atoms with Gasteiger partial charge < -0.3 is 14.1 Å². The second-order valence-corrected chi connectivity index (χ2v) is 5.26. The number of amides is 1. The number of ether oxygens (including phenoxy) is 1. The maximum Gasteiger partial charge on any atom is 0.342 e. The Hall–Kier alpha value is -2.56. The predicted molar refractivity (Wildman–Crippen MR) is 81.5 cm³/mol. The molecule has 0 aliphatic carbocycles. The summed E-state index contributed by atoms with van der Waals surface area (Å²) in [6, 6.07) is 10.6. The number of rotatable bonds is 4. The molecule has 0 radical (unpaired) electrons. The van der Waals surface area contributed by atoms with Crippen LogP contribution >= 0.6 is 0 Å². The van der Waals surface area contributed by atoms with Crippen molar-refractivity contribution in [2.45, 2.75) is 20.0 Å². The van der Waals surface area contributed by atoms with Gasteiger partial charge in [-0.2, -0.15) is 0 Å². The van der Waals surface area contributed by atoms with Gasteiger partial charge in [-0.3, -0.25) is 4.79 Å². The van der Waals surface area contributed by atoms with Crippen molar-refractivity contribution in [2.24, 2.45) is 0 Å². The molecule has 0 saturated carbocycles. The Bertz CT molecular complexity index is 673. The lowest BCUT2D eigenvalue weighted by Crippen LogP contribution is -2.31. The summed E-state index contributed by atoms with van der Waals surface area (Å²) in [4.78, 5) is 26.1. The van der Waals surface area contributed by atoms with Gasteiger partial charge in [0.2, 0.25) is 6.10 Å². The summed E-state index contributed by atoms with van der Waals surface area (Å²) < 4.78 is 10.8. The minimum atomic E-state index is -0.974. The Labute approximate surface area is 129 Å². The van der Waals surface area contributed by atoms with E-state index in [1.54, 1.807) is 58.3 Å². The predicted octanol–water partition coefficient (Wildman–Crippen LogP) is 2.88. The number of furan rings is 1. The molecular formula is C17H19NO4. The molecule has 2 aromatic rings. The highest BCUT2D eigenvalue weighted by atomic mass is 16.5. The zero-order valence-corrected chi connectivity index (χ0v) is 13.1. The zero-order chi connectivity index (χ0) is 16.3. The molecule has 0 bridgehead atoms. The number of aryl methyl sites for hydroxylation is 2. The molecule has 1 amide bonds. The fraction of sp³-hybridized carbons (Fsp3) is 0.294. The SMILES string of the molecule is Cc1cc(C(=O)O[C@H](C(=O)N(C)C)c2ccccc2)c(C)o1. The monoisotopic (exact) mass is 301 g/mol. The number of nitrogens with zero attached hydrogens (tertiary/aromatic N) is 1. The van der Waals surface area contributed by atoms with Gasteiger partial charge in [0.1, 0.15) is 17.1 Å². The van der Waals surface area contributed by atoms with E-state index >= 15 is 0 Å². The van der Waals surface area contributed by atoms with Crippen LogP contribution < -0.4 is 0 Å². The number of carbonyl (C=O) groups excluding carboxylic acids is 2. The molecule has 0 fully saturated rings. The van der Waals surface area contributed by atoms with Gasteiger partial charge in [0, 0.05) is 19.7 Å². The van der Waals surface area contributed by atoms with Crippen molar-refractivity contribution in [1.29, 1.82) is 0 Å². The summed E-state index contributed by atoms with van der Waals surface area (Å²) >= 11 is 0. The Morgan fingerprint density at radius 3 is 2.27 bits per heavy atom. The van der Waals surface area contributed by atoms with Crippen LogP contribution in [0.25, 0.3) is 0 Å². The molecule has 22 heavy (non-hydrogen) atoms. The van der Waals surface area contributed by atoms with E-state index in [1.807, 2.05) is 6.07 Å². The fourth-order valence-electron chi connectivity index (χ4n) is 2.13. The Morgan fingerprint density at radius 2 is 1.77 bits per heavy atom. The standard InChI is InChI=1S/C17H19NO4/c1-11-10-14(12(2)21-11)17(20)22-15(16(19)18(3)4)13-8-6-5-7-9-13/h5-10,15H,1-4H3/t15-/m0/s1. The maximum absolute atomic E-state index is 12.3. The third kappa shape index (κ3) is 3.36. The number of benzene rings is 1. The van der Waals surface area contributed by atoms with Gasteiger partial charge >= 0.3 is 5.97 Å². The number of esters is 1. The van der Waals surface area contributed by atoms with Crippen molar-refractivity contribution >= 4 is 11.9 Å². The van der Waals surface area contributed by atoms with Crippen LogP contribution in [0.2, 0.25) is 0 Å². The topological polar surface area (TPSA) is 59.8 Å². The van der Waals surface area contributed by atoms with E-state index < -0.39 is 12.1 Å². The molecule has 0 saturated heterocycles. The van der Waals surface area contributed by atoms with Crippen molar-refractivity contribution in [1.82, 2.24) is 4.90 Å². The fourth-order valence-corrected chi connectivity index (χ4v) is 2.13. The average molecular weight is 301 g/mol. The molecule has 1 heterocycles. The third-order valence-electron chi connectivity index (χ3n) is 3.25. The van der Waals surface area contributed by atoms with Crippen LogP contribution in [0, 0.1) is 13.8 Å². The third-order valence-corrected chi connectivity index (χ3v) is 3.25. The molecule has 2 rings (SSSR count). The van der Waals surface area contributed by atoms with Crippen molar-refractivity contribution in [3.63, 3.8) is 0 Å². The molecule has 0 aliphatic heterocycles. The van der Waals surface area contributed by atoms with Gasteiger partial charge in [-0.15, -0.1) is 0 Å². The maximum atomic E-state index is 12.3. The van der Waals surface area contributed by atoms with Gasteiger partial charge in [-0.25, -0.2) is 4.79 Å². The van der Waals surface area contributed by atoms with Gasteiger partial charge in [-0.1, -0.05) is 30.3 Å². The first-order valence-corrected chi connectivity index (χ1v) is 6.94. The molecule has 0 unspecified atom stereocenters. The minimum absolute atomic E-state index is 0.294. The molecule has 1 aromatic carbocycles. The highest BCUT2D eigenvalue weighted by molar-refractivity contribution is 5.93. The summed E-state index contributed by atoms with van der Waals surface area (Å²) in [7, 11) is 3.25. The van der Waals surface area contributed by atoms with E-state index in [4.69, 9.17) is 9.15 Å². The molecule has 5 nitrogen and oxygen atoms in total. The van der Waals surface area contributed by atoms with E-state index in [0.717, 1.165) is 0 Å². The Morgan fingerprint density at radius 1 is 1.14 bits per heavy atom. The molecule has 5 heteroatoms. The summed E-state index contributed by atoms with van der Waals surface area (Å²) in [5.74, 6) is 0.238.